The molecule has 0 spiro atoms. The summed E-state index contributed by atoms with van der Waals surface area (Å²) in [5.74, 6) is 0.253. The zero-order valence-corrected chi connectivity index (χ0v) is 11.4. The molecular weight excluding hydrogens is 248 g/mol. The van der Waals surface area contributed by atoms with Crippen LogP contribution in [0.4, 0.5) is 0 Å². The van der Waals surface area contributed by atoms with Gasteiger partial charge in [0.1, 0.15) is 0 Å². The van der Waals surface area contributed by atoms with Crippen molar-refractivity contribution in [3.05, 3.63) is 34.9 Å². The average molecular weight is 267 g/mol. The van der Waals surface area contributed by atoms with Crippen LogP contribution in [-0.2, 0) is 11.3 Å². The van der Waals surface area contributed by atoms with Gasteiger partial charge in [0.15, 0.2) is 0 Å². The van der Waals surface area contributed by atoms with Crippen molar-refractivity contribution >= 4 is 17.5 Å². The smallest absolute Gasteiger partial charge is 0.222 e. The van der Waals surface area contributed by atoms with E-state index in [4.69, 9.17) is 11.6 Å². The Bertz CT molecular complexity index is 405. The van der Waals surface area contributed by atoms with Crippen molar-refractivity contribution in [3.8, 4) is 0 Å². The maximum Gasteiger partial charge on any atom is 0.222 e. The van der Waals surface area contributed by atoms with Crippen molar-refractivity contribution in [2.24, 2.45) is 0 Å². The molecule has 1 aliphatic rings. The third kappa shape index (κ3) is 3.47. The van der Waals surface area contributed by atoms with Crippen LogP contribution in [0.3, 0.4) is 0 Å². The lowest BCUT2D eigenvalue weighted by Crippen LogP contribution is -2.30. The fraction of sp³-hybridized carbons (Fsp3) is 0.500. The summed E-state index contributed by atoms with van der Waals surface area (Å²) in [5, 5.41) is 3.99. The van der Waals surface area contributed by atoms with Gasteiger partial charge in [-0.25, -0.2) is 0 Å². The van der Waals surface area contributed by atoms with Crippen molar-refractivity contribution in [1.29, 1.82) is 0 Å². The topological polar surface area (TPSA) is 32.3 Å². The maximum atomic E-state index is 12.0. The second-order valence-electron chi connectivity index (χ2n) is 4.75. The van der Waals surface area contributed by atoms with E-state index in [0.29, 0.717) is 19.0 Å². The molecule has 1 N–H and O–H groups in total. The first kappa shape index (κ1) is 13.4. The lowest BCUT2D eigenvalue weighted by molar-refractivity contribution is -0.131. The number of hydrogen-bond acceptors (Lipinski definition) is 2. The number of benzene rings is 1. The molecule has 4 heteroatoms. The lowest BCUT2D eigenvalue weighted by Gasteiger charge is -2.21. The first-order valence-electron chi connectivity index (χ1n) is 6.38. The van der Waals surface area contributed by atoms with Crippen LogP contribution < -0.4 is 5.32 Å². The van der Waals surface area contributed by atoms with Crippen molar-refractivity contribution in [3.63, 3.8) is 0 Å². The number of carbonyl (C=O) groups excluding carboxylic acids is 1. The van der Waals surface area contributed by atoms with Crippen LogP contribution in [0.1, 0.15) is 24.8 Å². The van der Waals surface area contributed by atoms with Crippen LogP contribution in [0.2, 0.25) is 5.02 Å². The summed E-state index contributed by atoms with van der Waals surface area (Å²) < 4.78 is 0. The van der Waals surface area contributed by atoms with Crippen molar-refractivity contribution in [2.75, 3.05) is 13.6 Å². The molecule has 1 amide bonds. The molecule has 0 aromatic heterocycles. The Kier molecular flexibility index (Phi) is 4.61. The van der Waals surface area contributed by atoms with Crippen LogP contribution in [0, 0.1) is 0 Å². The molecule has 2 rings (SSSR count). The Morgan fingerprint density at radius 3 is 2.72 bits per heavy atom. The van der Waals surface area contributed by atoms with Crippen LogP contribution in [0.5, 0.6) is 0 Å². The minimum Gasteiger partial charge on any atom is -0.338 e. The summed E-state index contributed by atoms with van der Waals surface area (Å²) in [6.45, 7) is 1.51. The van der Waals surface area contributed by atoms with Crippen molar-refractivity contribution in [1.82, 2.24) is 10.2 Å². The van der Waals surface area contributed by atoms with E-state index in [9.17, 15) is 4.79 Å². The molecule has 3 nitrogen and oxygen atoms in total. The highest BCUT2D eigenvalue weighted by atomic mass is 35.5. The Labute approximate surface area is 113 Å². The molecule has 1 aromatic carbocycles. The molecule has 0 aliphatic carbocycles. The van der Waals surface area contributed by atoms with Gasteiger partial charge in [0.2, 0.25) is 5.91 Å². The molecule has 0 bridgehead atoms. The molecule has 0 radical (unpaired) electrons. The Balaban J connectivity index is 1.99. The Hall–Kier alpha value is -1.06. The minimum atomic E-state index is 0.253. The molecule has 1 heterocycles. The second kappa shape index (κ2) is 6.21. The van der Waals surface area contributed by atoms with E-state index in [-0.39, 0.29) is 5.91 Å². The predicted molar refractivity (Wildman–Crippen MR) is 73.6 cm³/mol. The summed E-state index contributed by atoms with van der Waals surface area (Å²) in [4.78, 5) is 14.0. The molecule has 1 atom stereocenters. The normalized spacial score (nSPS) is 20.9. The number of carbonyl (C=O) groups is 1. The van der Waals surface area contributed by atoms with E-state index in [0.717, 1.165) is 30.0 Å². The molecule has 18 heavy (non-hydrogen) atoms. The Morgan fingerprint density at radius 1 is 1.33 bits per heavy atom. The lowest BCUT2D eigenvalue weighted by atomic mass is 10.1. The monoisotopic (exact) mass is 266 g/mol. The molecule has 1 saturated heterocycles. The van der Waals surface area contributed by atoms with Gasteiger partial charge in [0.25, 0.3) is 0 Å². The summed E-state index contributed by atoms with van der Waals surface area (Å²) in [6, 6.07) is 8.17. The first-order chi connectivity index (χ1) is 8.69. The van der Waals surface area contributed by atoms with E-state index >= 15 is 0 Å². The number of likely N-dealkylation sites (tertiary alicyclic amines) is 1. The summed E-state index contributed by atoms with van der Waals surface area (Å²) >= 11 is 5.86. The number of halogens is 1. The fourth-order valence-corrected chi connectivity index (χ4v) is 2.43. The highest BCUT2D eigenvalue weighted by molar-refractivity contribution is 6.30. The summed E-state index contributed by atoms with van der Waals surface area (Å²) in [7, 11) is 1.96. The summed E-state index contributed by atoms with van der Waals surface area (Å²) in [5.41, 5.74) is 1.13. The zero-order valence-electron chi connectivity index (χ0n) is 10.7. The number of amides is 1. The number of nitrogens with one attached hydrogen (secondary N) is 1. The number of nitrogens with zero attached hydrogens (tertiary/aromatic N) is 1. The molecule has 0 saturated carbocycles. The van der Waals surface area contributed by atoms with Gasteiger partial charge in [-0.15, -0.1) is 0 Å². The third-order valence-corrected chi connectivity index (χ3v) is 3.75. The van der Waals surface area contributed by atoms with Gasteiger partial charge < -0.3 is 10.2 Å². The molecule has 1 aliphatic heterocycles. The van der Waals surface area contributed by atoms with E-state index in [1.165, 1.54) is 0 Å². The van der Waals surface area contributed by atoms with Gasteiger partial charge in [-0.05, 0) is 37.6 Å². The van der Waals surface area contributed by atoms with Gasteiger partial charge in [0, 0.05) is 30.6 Å². The highest BCUT2D eigenvalue weighted by Gasteiger charge is 2.21. The molecular formula is C14H19ClN2O. The standard InChI is InChI=1S/C14H19ClN2O/c1-16-13-6-7-14(18)17(9-8-13)10-11-2-4-12(15)5-3-11/h2-5,13,16H,6-10H2,1H3. The van der Waals surface area contributed by atoms with Crippen molar-refractivity contribution in [2.45, 2.75) is 31.8 Å². The van der Waals surface area contributed by atoms with Gasteiger partial charge in [-0.2, -0.15) is 0 Å². The largest absolute Gasteiger partial charge is 0.338 e. The van der Waals surface area contributed by atoms with Crippen LogP contribution in [0.15, 0.2) is 24.3 Å². The first-order valence-corrected chi connectivity index (χ1v) is 6.76. The number of hydrogen-bond donors (Lipinski definition) is 1. The van der Waals surface area contributed by atoms with Crippen LogP contribution in [-0.4, -0.2) is 30.4 Å². The molecule has 98 valence electrons. The van der Waals surface area contributed by atoms with E-state index in [1.54, 1.807) is 0 Å². The second-order valence-corrected chi connectivity index (χ2v) is 5.19. The molecule has 1 fully saturated rings. The quantitative estimate of drug-likeness (QED) is 0.911. The van der Waals surface area contributed by atoms with Gasteiger partial charge in [-0.3, -0.25) is 4.79 Å². The van der Waals surface area contributed by atoms with E-state index < -0.39 is 0 Å². The third-order valence-electron chi connectivity index (χ3n) is 3.50. The predicted octanol–water partition coefficient (Wildman–Crippen LogP) is 2.44. The maximum absolute atomic E-state index is 12.0. The molecule has 1 aromatic rings. The number of rotatable bonds is 3. The Morgan fingerprint density at radius 2 is 2.06 bits per heavy atom. The van der Waals surface area contributed by atoms with E-state index in [1.807, 2.05) is 36.2 Å². The van der Waals surface area contributed by atoms with Crippen LogP contribution in [0.25, 0.3) is 0 Å². The highest BCUT2D eigenvalue weighted by Crippen LogP contribution is 2.16. The van der Waals surface area contributed by atoms with Crippen LogP contribution >= 0.6 is 11.6 Å². The van der Waals surface area contributed by atoms with Gasteiger partial charge in [0.05, 0.1) is 0 Å². The molecule has 1 unspecified atom stereocenters. The minimum absolute atomic E-state index is 0.253. The zero-order chi connectivity index (χ0) is 13.0. The van der Waals surface area contributed by atoms with Gasteiger partial charge >= 0.3 is 0 Å². The SMILES string of the molecule is CNC1CCC(=O)N(Cc2ccc(Cl)cc2)CC1. The van der Waals surface area contributed by atoms with Crippen molar-refractivity contribution < 1.29 is 4.79 Å². The fourth-order valence-electron chi connectivity index (χ4n) is 2.30. The summed E-state index contributed by atoms with van der Waals surface area (Å²) in [6.07, 6.45) is 2.60. The average Bonchev–Trinajstić information content (AvgIpc) is 2.55. The van der Waals surface area contributed by atoms with Gasteiger partial charge in [-0.1, -0.05) is 23.7 Å². The van der Waals surface area contributed by atoms with E-state index in [2.05, 4.69) is 5.32 Å².